The molecule has 0 radical (unpaired) electrons. The van der Waals surface area contributed by atoms with Crippen molar-refractivity contribution in [3.05, 3.63) is 58.6 Å². The molecule has 1 aromatic carbocycles. The average molecular weight is 369 g/mol. The number of nitrogens with one attached hydrogen (secondary N) is 1. The molecular formula is C20H23N3O4. The van der Waals surface area contributed by atoms with Gasteiger partial charge in [-0.25, -0.2) is 0 Å². The van der Waals surface area contributed by atoms with Gasteiger partial charge in [0.1, 0.15) is 5.76 Å². The van der Waals surface area contributed by atoms with E-state index in [4.69, 9.17) is 14.0 Å². The lowest BCUT2D eigenvalue weighted by molar-refractivity contribution is 0.0950. The zero-order valence-corrected chi connectivity index (χ0v) is 16.1. The van der Waals surface area contributed by atoms with Crippen molar-refractivity contribution >= 4 is 5.91 Å². The van der Waals surface area contributed by atoms with Crippen LogP contribution in [0, 0.1) is 20.8 Å². The number of rotatable bonds is 6. The first-order valence-corrected chi connectivity index (χ1v) is 8.56. The van der Waals surface area contributed by atoms with Crippen LogP contribution in [0.15, 0.2) is 34.9 Å². The lowest BCUT2D eigenvalue weighted by Gasteiger charge is -2.10. The molecule has 0 bridgehead atoms. The Morgan fingerprint density at radius 1 is 1.11 bits per heavy atom. The quantitative estimate of drug-likeness (QED) is 0.721. The molecule has 27 heavy (non-hydrogen) atoms. The van der Waals surface area contributed by atoms with Crippen LogP contribution >= 0.6 is 0 Å². The molecule has 0 atom stereocenters. The minimum atomic E-state index is -0.149. The van der Waals surface area contributed by atoms with Gasteiger partial charge >= 0.3 is 0 Å². The molecule has 1 amide bonds. The van der Waals surface area contributed by atoms with Crippen molar-refractivity contribution in [3.63, 3.8) is 0 Å². The predicted octanol–water partition coefficient (Wildman–Crippen LogP) is 3.34. The number of hydrogen-bond acceptors (Lipinski definition) is 5. The third-order valence-corrected chi connectivity index (χ3v) is 4.42. The molecule has 7 nitrogen and oxygen atoms in total. The smallest absolute Gasteiger partial charge is 0.253 e. The van der Waals surface area contributed by atoms with Crippen LogP contribution in [0.2, 0.25) is 0 Å². The summed E-state index contributed by atoms with van der Waals surface area (Å²) in [6.07, 6.45) is 0. The summed E-state index contributed by atoms with van der Waals surface area (Å²) < 4.78 is 17.6. The van der Waals surface area contributed by atoms with Gasteiger partial charge in [-0.05, 0) is 44.5 Å². The molecule has 1 N–H and O–H groups in total. The summed E-state index contributed by atoms with van der Waals surface area (Å²) in [4.78, 5) is 12.7. The summed E-state index contributed by atoms with van der Waals surface area (Å²) in [6, 6.07) is 9.25. The fourth-order valence-corrected chi connectivity index (χ4v) is 3.07. The summed E-state index contributed by atoms with van der Waals surface area (Å²) in [5.41, 5.74) is 3.25. The van der Waals surface area contributed by atoms with Crippen molar-refractivity contribution in [3.8, 4) is 17.3 Å². The minimum Gasteiger partial charge on any atom is -0.493 e. The maximum atomic E-state index is 12.7. The number of hydrogen-bond donors (Lipinski definition) is 1. The normalized spacial score (nSPS) is 10.7. The van der Waals surface area contributed by atoms with Crippen molar-refractivity contribution in [2.75, 3.05) is 14.2 Å². The molecular weight excluding hydrogens is 346 g/mol. The van der Waals surface area contributed by atoms with Crippen LogP contribution in [0.5, 0.6) is 11.5 Å². The van der Waals surface area contributed by atoms with Crippen LogP contribution < -0.4 is 14.8 Å². The number of benzene rings is 1. The van der Waals surface area contributed by atoms with Gasteiger partial charge in [0.05, 0.1) is 19.8 Å². The maximum Gasteiger partial charge on any atom is 0.253 e. The number of aryl methyl sites for hydroxylation is 2. The number of carbonyl (C=O) groups is 1. The molecule has 0 fully saturated rings. The van der Waals surface area contributed by atoms with Gasteiger partial charge in [-0.2, -0.15) is 0 Å². The van der Waals surface area contributed by atoms with Gasteiger partial charge in [-0.3, -0.25) is 9.36 Å². The van der Waals surface area contributed by atoms with Gasteiger partial charge in [0.2, 0.25) is 0 Å². The zero-order valence-electron chi connectivity index (χ0n) is 16.1. The molecule has 0 spiro atoms. The largest absolute Gasteiger partial charge is 0.493 e. The summed E-state index contributed by atoms with van der Waals surface area (Å²) in [5.74, 6) is 2.52. The monoisotopic (exact) mass is 369 g/mol. The lowest BCUT2D eigenvalue weighted by Crippen LogP contribution is -2.23. The first-order valence-electron chi connectivity index (χ1n) is 8.56. The van der Waals surface area contributed by atoms with Crippen LogP contribution in [0.25, 0.3) is 5.82 Å². The Kier molecular flexibility index (Phi) is 5.21. The molecule has 0 aliphatic rings. The molecule has 0 unspecified atom stereocenters. The highest BCUT2D eigenvalue weighted by molar-refractivity contribution is 5.95. The number of nitrogens with zero attached hydrogens (tertiary/aromatic N) is 2. The number of methoxy groups -OCH3 is 2. The Labute approximate surface area is 157 Å². The summed E-state index contributed by atoms with van der Waals surface area (Å²) >= 11 is 0. The van der Waals surface area contributed by atoms with E-state index in [9.17, 15) is 4.79 Å². The highest BCUT2D eigenvalue weighted by Crippen LogP contribution is 2.27. The Morgan fingerprint density at radius 3 is 2.48 bits per heavy atom. The highest BCUT2D eigenvalue weighted by Gasteiger charge is 2.18. The molecule has 2 heterocycles. The molecule has 142 valence electrons. The third kappa shape index (κ3) is 3.67. The standard InChI is InChI=1S/C20H23N3O4/c1-12-8-16(14(3)23(12)19-9-13(2)27-22-19)20(24)21-11-15-6-7-17(25-4)18(10-15)26-5/h6-10H,11H2,1-5H3,(H,21,24). The lowest BCUT2D eigenvalue weighted by atomic mass is 10.2. The average Bonchev–Trinajstić information content (AvgIpc) is 3.21. The molecule has 0 aliphatic carbocycles. The zero-order chi connectivity index (χ0) is 19.6. The number of ether oxygens (including phenoxy) is 2. The molecule has 3 rings (SSSR count). The first kappa shape index (κ1) is 18.6. The topological polar surface area (TPSA) is 78.5 Å². The summed E-state index contributed by atoms with van der Waals surface area (Å²) in [5, 5.41) is 6.99. The van der Waals surface area contributed by atoms with E-state index in [1.807, 2.05) is 55.7 Å². The second-order valence-electron chi connectivity index (χ2n) is 6.29. The van der Waals surface area contributed by atoms with Crippen molar-refractivity contribution in [1.82, 2.24) is 15.0 Å². The number of aromatic nitrogens is 2. The Hall–Kier alpha value is -3.22. The SMILES string of the molecule is COc1ccc(CNC(=O)c2cc(C)n(-c3cc(C)on3)c2C)cc1OC. The van der Waals surface area contributed by atoms with Crippen molar-refractivity contribution < 1.29 is 18.8 Å². The molecule has 7 heteroatoms. The van der Waals surface area contributed by atoms with Crippen molar-refractivity contribution in [2.24, 2.45) is 0 Å². The summed E-state index contributed by atoms with van der Waals surface area (Å²) in [6.45, 7) is 6.04. The Balaban J connectivity index is 1.77. The molecule has 0 aliphatic heterocycles. The van der Waals surface area contributed by atoms with Crippen LogP contribution in [0.3, 0.4) is 0 Å². The van der Waals surface area contributed by atoms with E-state index in [2.05, 4.69) is 10.5 Å². The molecule has 0 saturated carbocycles. The number of amides is 1. The van der Waals surface area contributed by atoms with E-state index in [-0.39, 0.29) is 5.91 Å². The minimum absolute atomic E-state index is 0.149. The van der Waals surface area contributed by atoms with E-state index in [1.165, 1.54) is 0 Å². The molecule has 3 aromatic rings. The van der Waals surface area contributed by atoms with Gasteiger partial charge < -0.3 is 19.3 Å². The van der Waals surface area contributed by atoms with E-state index in [1.54, 1.807) is 14.2 Å². The maximum absolute atomic E-state index is 12.7. The van der Waals surface area contributed by atoms with E-state index in [0.29, 0.717) is 29.4 Å². The summed E-state index contributed by atoms with van der Waals surface area (Å²) in [7, 11) is 3.17. The van der Waals surface area contributed by atoms with Crippen LogP contribution in [0.4, 0.5) is 0 Å². The van der Waals surface area contributed by atoms with E-state index >= 15 is 0 Å². The second kappa shape index (κ2) is 7.57. The number of carbonyl (C=O) groups excluding carboxylic acids is 1. The van der Waals surface area contributed by atoms with Crippen LogP contribution in [-0.4, -0.2) is 29.9 Å². The fraction of sp³-hybridized carbons (Fsp3) is 0.300. The van der Waals surface area contributed by atoms with Crippen LogP contribution in [-0.2, 0) is 6.54 Å². The van der Waals surface area contributed by atoms with Crippen molar-refractivity contribution in [1.29, 1.82) is 0 Å². The van der Waals surface area contributed by atoms with Gasteiger partial charge in [0.15, 0.2) is 17.3 Å². The third-order valence-electron chi connectivity index (χ3n) is 4.42. The molecule has 0 saturated heterocycles. The van der Waals surface area contributed by atoms with Gasteiger partial charge in [0, 0.05) is 24.0 Å². The van der Waals surface area contributed by atoms with E-state index in [0.717, 1.165) is 22.7 Å². The van der Waals surface area contributed by atoms with Gasteiger partial charge in [-0.1, -0.05) is 11.2 Å². The Bertz CT molecular complexity index is 972. The highest BCUT2D eigenvalue weighted by atomic mass is 16.5. The van der Waals surface area contributed by atoms with Crippen molar-refractivity contribution in [2.45, 2.75) is 27.3 Å². The van der Waals surface area contributed by atoms with Crippen LogP contribution in [0.1, 0.15) is 33.1 Å². The Morgan fingerprint density at radius 2 is 1.85 bits per heavy atom. The van der Waals surface area contributed by atoms with Gasteiger partial charge in [-0.15, -0.1) is 0 Å². The van der Waals surface area contributed by atoms with Gasteiger partial charge in [0.25, 0.3) is 5.91 Å². The fourth-order valence-electron chi connectivity index (χ4n) is 3.07. The predicted molar refractivity (Wildman–Crippen MR) is 101 cm³/mol. The molecule has 2 aromatic heterocycles. The second-order valence-corrected chi connectivity index (χ2v) is 6.29. The van der Waals surface area contributed by atoms with E-state index < -0.39 is 0 Å². The first-order chi connectivity index (χ1) is 12.9.